The van der Waals surface area contributed by atoms with Gasteiger partial charge in [0.15, 0.2) is 0 Å². The van der Waals surface area contributed by atoms with Crippen LogP contribution in [0.5, 0.6) is 5.75 Å². The van der Waals surface area contributed by atoms with E-state index >= 15 is 0 Å². The number of hydroxylamine groups is 2. The lowest BCUT2D eigenvalue weighted by atomic mass is 10.2. The van der Waals surface area contributed by atoms with Gasteiger partial charge in [0, 0.05) is 0 Å². The summed E-state index contributed by atoms with van der Waals surface area (Å²) >= 11 is 0. The van der Waals surface area contributed by atoms with Crippen molar-refractivity contribution in [2.45, 2.75) is 51.9 Å². The van der Waals surface area contributed by atoms with Crippen LogP contribution in [0.25, 0.3) is 0 Å². The maximum atomic E-state index is 11.5. The summed E-state index contributed by atoms with van der Waals surface area (Å²) in [6.45, 7) is 12.3. The lowest BCUT2D eigenvalue weighted by Crippen LogP contribution is -2.52. The summed E-state index contributed by atoms with van der Waals surface area (Å²) in [6.07, 6.45) is -1.09. The van der Waals surface area contributed by atoms with Crippen LogP contribution >= 0.6 is 0 Å². The molecule has 1 atom stereocenters. The van der Waals surface area contributed by atoms with Crippen LogP contribution in [0.15, 0.2) is 30.3 Å². The van der Waals surface area contributed by atoms with Gasteiger partial charge in [0.2, 0.25) is 8.32 Å². The standard InChI is InChI=1S/C16H27NO4Si/c1-13(12-20-14-10-8-7-9-11-14)17(15(18)19)21-22(5,6)16(2,3)4/h7-11,13H,12H2,1-6H3,(H,18,19). The first kappa shape index (κ1) is 18.5. The molecule has 0 aliphatic carbocycles. The Bertz CT molecular complexity index is 485. The molecule has 0 aliphatic heterocycles. The molecule has 0 heterocycles. The van der Waals surface area contributed by atoms with Crippen molar-refractivity contribution in [2.75, 3.05) is 6.61 Å². The quantitative estimate of drug-likeness (QED) is 0.623. The predicted octanol–water partition coefficient (Wildman–Crippen LogP) is 4.37. The van der Waals surface area contributed by atoms with Crippen LogP contribution in [0.2, 0.25) is 18.1 Å². The highest BCUT2D eigenvalue weighted by Gasteiger charge is 2.42. The van der Waals surface area contributed by atoms with Gasteiger partial charge in [-0.05, 0) is 37.2 Å². The molecule has 1 amide bonds. The van der Waals surface area contributed by atoms with Gasteiger partial charge in [-0.3, -0.25) is 0 Å². The number of carbonyl (C=O) groups is 1. The number of nitrogens with zero attached hydrogens (tertiary/aromatic N) is 1. The first-order chi connectivity index (χ1) is 10.0. The molecule has 0 fully saturated rings. The van der Waals surface area contributed by atoms with Crippen molar-refractivity contribution in [2.24, 2.45) is 0 Å². The van der Waals surface area contributed by atoms with Gasteiger partial charge in [0.1, 0.15) is 12.4 Å². The Hall–Kier alpha value is -1.53. The van der Waals surface area contributed by atoms with Crippen molar-refractivity contribution in [1.29, 1.82) is 0 Å². The van der Waals surface area contributed by atoms with Gasteiger partial charge in [0.25, 0.3) is 0 Å². The highest BCUT2D eigenvalue weighted by Crippen LogP contribution is 2.37. The fourth-order valence-electron chi connectivity index (χ4n) is 1.50. The van der Waals surface area contributed by atoms with E-state index in [1.54, 1.807) is 6.92 Å². The molecule has 1 rings (SSSR count). The molecule has 1 unspecified atom stereocenters. The summed E-state index contributed by atoms with van der Waals surface area (Å²) in [6, 6.07) is 8.94. The molecule has 0 bridgehead atoms. The van der Waals surface area contributed by atoms with Crippen LogP contribution in [0.4, 0.5) is 4.79 Å². The highest BCUT2D eigenvalue weighted by molar-refractivity contribution is 6.74. The molecule has 1 aromatic rings. The SMILES string of the molecule is CC(COc1ccccc1)N(O[Si](C)(C)C(C)(C)C)C(=O)O. The first-order valence-corrected chi connectivity index (χ1v) is 10.3. The molecule has 0 spiro atoms. The summed E-state index contributed by atoms with van der Waals surface area (Å²) in [7, 11) is -2.21. The topological polar surface area (TPSA) is 59.0 Å². The number of amides is 1. The largest absolute Gasteiger partial charge is 0.491 e. The zero-order valence-corrected chi connectivity index (χ0v) is 15.3. The number of ether oxygens (including phenoxy) is 1. The number of para-hydroxylation sites is 1. The van der Waals surface area contributed by atoms with E-state index in [0.717, 1.165) is 5.06 Å². The van der Waals surface area contributed by atoms with Crippen molar-refractivity contribution in [3.8, 4) is 5.75 Å². The molecule has 1 aromatic carbocycles. The Labute approximate surface area is 133 Å². The lowest BCUT2D eigenvalue weighted by molar-refractivity contribution is -0.0852. The second-order valence-electron chi connectivity index (χ2n) is 6.93. The molecule has 1 N–H and O–H groups in total. The first-order valence-electron chi connectivity index (χ1n) is 7.44. The van der Waals surface area contributed by atoms with Crippen LogP contribution in [-0.2, 0) is 4.53 Å². The van der Waals surface area contributed by atoms with E-state index in [0.29, 0.717) is 5.75 Å². The minimum absolute atomic E-state index is 0.0687. The van der Waals surface area contributed by atoms with E-state index in [-0.39, 0.29) is 11.6 Å². The van der Waals surface area contributed by atoms with E-state index in [1.165, 1.54) is 0 Å². The Morgan fingerprint density at radius 3 is 2.27 bits per heavy atom. The maximum Gasteiger partial charge on any atom is 0.430 e. The summed E-state index contributed by atoms with van der Waals surface area (Å²) in [5.74, 6) is 0.715. The van der Waals surface area contributed by atoms with Gasteiger partial charge in [-0.15, -0.1) is 0 Å². The Kier molecular flexibility index (Phi) is 6.02. The number of hydrogen-bond acceptors (Lipinski definition) is 3. The van der Waals surface area contributed by atoms with Gasteiger partial charge in [0.05, 0.1) is 6.04 Å². The summed E-state index contributed by atoms with van der Waals surface area (Å²) < 4.78 is 11.5. The van der Waals surface area contributed by atoms with Crippen molar-refractivity contribution < 1.29 is 19.2 Å². The maximum absolute atomic E-state index is 11.5. The fourth-order valence-corrected chi connectivity index (χ4v) is 2.53. The van der Waals surface area contributed by atoms with E-state index in [1.807, 2.05) is 43.4 Å². The predicted molar refractivity (Wildman–Crippen MR) is 89.5 cm³/mol. The zero-order valence-electron chi connectivity index (χ0n) is 14.3. The van der Waals surface area contributed by atoms with Crippen LogP contribution in [0, 0.1) is 0 Å². The Balaban J connectivity index is 2.72. The zero-order chi connectivity index (χ0) is 17.0. The van der Waals surface area contributed by atoms with E-state index in [4.69, 9.17) is 9.26 Å². The summed E-state index contributed by atoms with van der Waals surface area (Å²) in [5.41, 5.74) is 0. The van der Waals surface area contributed by atoms with E-state index in [2.05, 4.69) is 20.8 Å². The monoisotopic (exact) mass is 325 g/mol. The average molecular weight is 325 g/mol. The smallest absolute Gasteiger partial charge is 0.430 e. The summed E-state index contributed by atoms with van der Waals surface area (Å²) in [4.78, 5) is 11.5. The molecule has 0 aliphatic rings. The number of hydrogen-bond donors (Lipinski definition) is 1. The lowest BCUT2D eigenvalue weighted by Gasteiger charge is -2.40. The normalized spacial score (nSPS) is 13.5. The van der Waals surface area contributed by atoms with Gasteiger partial charge in [-0.25, -0.2) is 4.79 Å². The second kappa shape index (κ2) is 7.15. The van der Waals surface area contributed by atoms with Crippen molar-refractivity contribution in [1.82, 2.24) is 5.06 Å². The molecule has 22 heavy (non-hydrogen) atoms. The molecule has 124 valence electrons. The molecule has 6 heteroatoms. The van der Waals surface area contributed by atoms with E-state index < -0.39 is 20.5 Å². The van der Waals surface area contributed by atoms with Gasteiger partial charge in [-0.2, -0.15) is 5.06 Å². The molecular formula is C16H27NO4Si. The van der Waals surface area contributed by atoms with Crippen LogP contribution < -0.4 is 4.74 Å². The molecule has 5 nitrogen and oxygen atoms in total. The second-order valence-corrected chi connectivity index (χ2v) is 11.6. The number of benzene rings is 1. The van der Waals surface area contributed by atoms with E-state index in [9.17, 15) is 9.90 Å². The Morgan fingerprint density at radius 2 is 1.82 bits per heavy atom. The molecule has 0 aromatic heterocycles. The van der Waals surface area contributed by atoms with Crippen LogP contribution in [0.1, 0.15) is 27.7 Å². The van der Waals surface area contributed by atoms with Crippen LogP contribution in [-0.4, -0.2) is 37.2 Å². The third-order valence-corrected chi connectivity index (χ3v) is 8.22. The van der Waals surface area contributed by atoms with Crippen LogP contribution in [0.3, 0.4) is 0 Å². The van der Waals surface area contributed by atoms with Crippen molar-refractivity contribution in [3.63, 3.8) is 0 Å². The van der Waals surface area contributed by atoms with Crippen molar-refractivity contribution in [3.05, 3.63) is 30.3 Å². The number of rotatable bonds is 6. The third-order valence-electron chi connectivity index (χ3n) is 3.96. The van der Waals surface area contributed by atoms with Gasteiger partial charge >= 0.3 is 6.09 Å². The number of carboxylic acid groups (broad SMARTS) is 1. The third kappa shape index (κ3) is 5.03. The molecule has 0 saturated heterocycles. The average Bonchev–Trinajstić information content (AvgIpc) is 2.42. The minimum atomic E-state index is -2.21. The fraction of sp³-hybridized carbons (Fsp3) is 0.562. The molecular weight excluding hydrogens is 298 g/mol. The molecule has 0 saturated carbocycles. The van der Waals surface area contributed by atoms with Gasteiger partial charge < -0.3 is 14.4 Å². The van der Waals surface area contributed by atoms with Crippen molar-refractivity contribution >= 4 is 14.4 Å². The minimum Gasteiger partial charge on any atom is -0.491 e. The van der Waals surface area contributed by atoms with Gasteiger partial charge in [-0.1, -0.05) is 39.0 Å². The summed E-state index contributed by atoms with van der Waals surface area (Å²) in [5, 5.41) is 10.4. The molecule has 0 radical (unpaired) electrons. The highest BCUT2D eigenvalue weighted by atomic mass is 28.4. The Morgan fingerprint density at radius 1 is 1.27 bits per heavy atom.